The Morgan fingerprint density at radius 1 is 0.654 bits per heavy atom. The third-order valence-corrected chi connectivity index (χ3v) is 4.67. The lowest BCUT2D eigenvalue weighted by molar-refractivity contribution is -0.126. The first kappa shape index (κ1) is 24.9. The molecule has 4 N–H and O–H groups in total. The highest BCUT2D eigenvalue weighted by atomic mass is 16.2. The molecule has 0 saturated heterocycles. The number of unbranched alkanes of at least 4 members (excludes halogenated alkanes) is 13. The Hall–Kier alpha value is -1.10. The number of carbonyl (C=O) groups is 2. The highest BCUT2D eigenvalue weighted by molar-refractivity contribution is 5.84. The molecule has 2 amide bonds. The first-order chi connectivity index (χ1) is 12.7. The number of nitrogens with one attached hydrogen (secondary N) is 2. The predicted octanol–water partition coefficient (Wildman–Crippen LogP) is 4.05. The Morgan fingerprint density at radius 2 is 1.12 bits per heavy atom. The Kier molecular flexibility index (Phi) is 19.4. The lowest BCUT2D eigenvalue weighted by atomic mass is 10.0. The minimum absolute atomic E-state index is 0.0353. The molecule has 0 spiro atoms. The van der Waals surface area contributed by atoms with Gasteiger partial charge in [0.15, 0.2) is 0 Å². The standard InChI is InChI=1S/C21H43N3O2/c1-2-3-4-5-6-7-8-9-10-11-12-13-14-15-16-20(25)24-19-21(26)23-18-17-22/h2-19,22H2,1H3,(H,23,26)(H,24,25). The van der Waals surface area contributed by atoms with E-state index < -0.39 is 0 Å². The molecular formula is C21H43N3O2. The molecule has 5 nitrogen and oxygen atoms in total. The molecule has 0 radical (unpaired) electrons. The van der Waals surface area contributed by atoms with Crippen LogP contribution in [0.3, 0.4) is 0 Å². The molecule has 0 saturated carbocycles. The van der Waals surface area contributed by atoms with E-state index in [1.165, 1.54) is 77.0 Å². The SMILES string of the molecule is CCCCCCCCCCCCCCCCC(=O)NCC(=O)NCCN. The van der Waals surface area contributed by atoms with Crippen LogP contribution in [0.2, 0.25) is 0 Å². The van der Waals surface area contributed by atoms with Crippen molar-refractivity contribution in [3.05, 3.63) is 0 Å². The van der Waals surface area contributed by atoms with Gasteiger partial charge in [0, 0.05) is 19.5 Å². The number of carbonyl (C=O) groups excluding carboxylic acids is 2. The molecule has 0 heterocycles. The van der Waals surface area contributed by atoms with Crippen LogP contribution in [0.1, 0.15) is 103 Å². The summed E-state index contributed by atoms with van der Waals surface area (Å²) in [5.74, 6) is -0.211. The van der Waals surface area contributed by atoms with Gasteiger partial charge in [0.2, 0.25) is 11.8 Å². The fourth-order valence-corrected chi connectivity index (χ4v) is 3.02. The Balaban J connectivity index is 3.21. The van der Waals surface area contributed by atoms with Crippen molar-refractivity contribution in [2.75, 3.05) is 19.6 Å². The third kappa shape index (κ3) is 19.2. The van der Waals surface area contributed by atoms with Crippen LogP contribution in [-0.4, -0.2) is 31.4 Å². The van der Waals surface area contributed by atoms with E-state index in [-0.39, 0.29) is 18.4 Å². The Labute approximate surface area is 161 Å². The minimum atomic E-state index is -0.176. The zero-order valence-corrected chi connectivity index (χ0v) is 17.1. The van der Waals surface area contributed by atoms with Crippen LogP contribution in [0.5, 0.6) is 0 Å². The monoisotopic (exact) mass is 369 g/mol. The molecule has 0 aliphatic carbocycles. The molecule has 26 heavy (non-hydrogen) atoms. The van der Waals surface area contributed by atoms with Crippen molar-refractivity contribution >= 4 is 11.8 Å². The van der Waals surface area contributed by atoms with Crippen LogP contribution in [-0.2, 0) is 9.59 Å². The van der Waals surface area contributed by atoms with Crippen molar-refractivity contribution in [1.82, 2.24) is 10.6 Å². The van der Waals surface area contributed by atoms with Gasteiger partial charge >= 0.3 is 0 Å². The van der Waals surface area contributed by atoms with Crippen molar-refractivity contribution in [2.45, 2.75) is 103 Å². The summed E-state index contributed by atoms with van der Waals surface area (Å²) in [6.07, 6.45) is 18.8. The molecule has 0 unspecified atom stereocenters. The van der Waals surface area contributed by atoms with Gasteiger partial charge in [0.05, 0.1) is 6.54 Å². The number of nitrogens with two attached hydrogens (primary N) is 1. The number of hydrogen-bond acceptors (Lipinski definition) is 3. The Bertz CT molecular complexity index is 335. The largest absolute Gasteiger partial charge is 0.353 e. The molecule has 0 fully saturated rings. The van der Waals surface area contributed by atoms with Crippen LogP contribution in [0, 0.1) is 0 Å². The summed E-state index contributed by atoms with van der Waals surface area (Å²) < 4.78 is 0. The summed E-state index contributed by atoms with van der Waals surface area (Å²) >= 11 is 0. The smallest absolute Gasteiger partial charge is 0.239 e. The van der Waals surface area contributed by atoms with Crippen LogP contribution < -0.4 is 16.4 Å². The van der Waals surface area contributed by atoms with Crippen molar-refractivity contribution in [3.63, 3.8) is 0 Å². The van der Waals surface area contributed by atoms with E-state index in [2.05, 4.69) is 17.6 Å². The number of rotatable bonds is 19. The normalized spacial score (nSPS) is 10.7. The van der Waals surface area contributed by atoms with Gasteiger partial charge in [-0.2, -0.15) is 0 Å². The van der Waals surface area contributed by atoms with Crippen molar-refractivity contribution in [2.24, 2.45) is 5.73 Å². The molecular weight excluding hydrogens is 326 g/mol. The van der Waals surface area contributed by atoms with Crippen LogP contribution >= 0.6 is 0 Å². The summed E-state index contributed by atoms with van der Waals surface area (Å²) in [4.78, 5) is 23.0. The second kappa shape index (κ2) is 20.2. The maximum Gasteiger partial charge on any atom is 0.239 e. The van der Waals surface area contributed by atoms with Gasteiger partial charge in [0.25, 0.3) is 0 Å². The summed E-state index contributed by atoms with van der Waals surface area (Å²) in [6, 6.07) is 0. The van der Waals surface area contributed by atoms with Gasteiger partial charge in [0.1, 0.15) is 0 Å². The highest BCUT2D eigenvalue weighted by Gasteiger charge is 2.04. The minimum Gasteiger partial charge on any atom is -0.353 e. The molecule has 0 aromatic heterocycles. The fraction of sp³-hybridized carbons (Fsp3) is 0.905. The lowest BCUT2D eigenvalue weighted by Crippen LogP contribution is -2.38. The summed E-state index contributed by atoms with van der Waals surface area (Å²) in [5.41, 5.74) is 5.30. The molecule has 0 aliphatic rings. The zero-order chi connectivity index (χ0) is 19.3. The van der Waals surface area contributed by atoms with Gasteiger partial charge < -0.3 is 16.4 Å². The first-order valence-electron chi connectivity index (χ1n) is 10.9. The van der Waals surface area contributed by atoms with E-state index in [0.29, 0.717) is 19.5 Å². The van der Waals surface area contributed by atoms with Gasteiger partial charge in [-0.05, 0) is 6.42 Å². The van der Waals surface area contributed by atoms with E-state index in [9.17, 15) is 9.59 Å². The van der Waals surface area contributed by atoms with Gasteiger partial charge in [-0.25, -0.2) is 0 Å². The van der Waals surface area contributed by atoms with Crippen LogP contribution in [0.25, 0.3) is 0 Å². The van der Waals surface area contributed by atoms with Crippen LogP contribution in [0.4, 0.5) is 0 Å². The molecule has 0 aliphatic heterocycles. The molecule has 0 aromatic rings. The first-order valence-corrected chi connectivity index (χ1v) is 10.9. The van der Waals surface area contributed by atoms with Gasteiger partial charge in [-0.1, -0.05) is 90.4 Å². The number of amides is 2. The molecule has 0 rings (SSSR count). The maximum atomic E-state index is 11.6. The summed E-state index contributed by atoms with van der Waals surface area (Å²) in [7, 11) is 0. The molecule has 0 aromatic carbocycles. The molecule has 0 bridgehead atoms. The molecule has 0 atom stereocenters. The second-order valence-electron chi connectivity index (χ2n) is 7.26. The predicted molar refractivity (Wildman–Crippen MR) is 110 cm³/mol. The Morgan fingerprint density at radius 3 is 1.58 bits per heavy atom. The van der Waals surface area contributed by atoms with Gasteiger partial charge in [-0.3, -0.25) is 9.59 Å². The van der Waals surface area contributed by atoms with Crippen molar-refractivity contribution in [1.29, 1.82) is 0 Å². The average molecular weight is 370 g/mol. The summed E-state index contributed by atoms with van der Waals surface area (Å²) in [6.45, 7) is 3.19. The third-order valence-electron chi connectivity index (χ3n) is 4.67. The second-order valence-corrected chi connectivity index (χ2v) is 7.26. The lowest BCUT2D eigenvalue weighted by Gasteiger charge is -2.06. The average Bonchev–Trinajstić information content (AvgIpc) is 2.64. The molecule has 154 valence electrons. The fourth-order valence-electron chi connectivity index (χ4n) is 3.02. The van der Waals surface area contributed by atoms with E-state index in [0.717, 1.165) is 12.8 Å². The number of hydrogen-bond donors (Lipinski definition) is 3. The van der Waals surface area contributed by atoms with Crippen molar-refractivity contribution < 1.29 is 9.59 Å². The quantitative estimate of drug-likeness (QED) is 0.300. The van der Waals surface area contributed by atoms with Gasteiger partial charge in [-0.15, -0.1) is 0 Å². The molecule has 5 heteroatoms. The van der Waals surface area contributed by atoms with E-state index in [1.54, 1.807) is 0 Å². The highest BCUT2D eigenvalue weighted by Crippen LogP contribution is 2.13. The van der Waals surface area contributed by atoms with E-state index in [4.69, 9.17) is 5.73 Å². The zero-order valence-electron chi connectivity index (χ0n) is 17.1. The summed E-state index contributed by atoms with van der Waals surface area (Å²) in [5, 5.41) is 5.28. The van der Waals surface area contributed by atoms with Crippen molar-refractivity contribution in [3.8, 4) is 0 Å². The van der Waals surface area contributed by atoms with E-state index in [1.807, 2.05) is 0 Å². The van der Waals surface area contributed by atoms with Crippen LogP contribution in [0.15, 0.2) is 0 Å². The maximum absolute atomic E-state index is 11.6. The topological polar surface area (TPSA) is 84.2 Å². The van der Waals surface area contributed by atoms with E-state index >= 15 is 0 Å².